The maximum absolute atomic E-state index is 12.9. The number of benzene rings is 1. The molecule has 1 aromatic carbocycles. The first-order valence-electron chi connectivity index (χ1n) is 10.1. The number of furan rings is 1. The second-order valence-electron chi connectivity index (χ2n) is 7.11. The summed E-state index contributed by atoms with van der Waals surface area (Å²) in [4.78, 5) is 11.7. The van der Waals surface area contributed by atoms with Gasteiger partial charge < -0.3 is 19.8 Å². The fourth-order valence-electron chi connectivity index (χ4n) is 3.34. The molecule has 0 saturated heterocycles. The third kappa shape index (κ3) is 7.09. The number of hydrogen-bond acceptors (Lipinski definition) is 4. The van der Waals surface area contributed by atoms with E-state index in [1.807, 2.05) is 24.3 Å². The van der Waals surface area contributed by atoms with Gasteiger partial charge in [0.1, 0.15) is 11.5 Å². The van der Waals surface area contributed by atoms with Crippen LogP contribution in [0.4, 0.5) is 13.2 Å². The number of unbranched alkanes of at least 4 members (excludes halogenated alkanes) is 3. The summed E-state index contributed by atoms with van der Waals surface area (Å²) >= 11 is 0. The van der Waals surface area contributed by atoms with Gasteiger partial charge in [-0.25, -0.2) is 0 Å². The maximum atomic E-state index is 12.9. The summed E-state index contributed by atoms with van der Waals surface area (Å²) in [5.74, 6) is -0.812. The summed E-state index contributed by atoms with van der Waals surface area (Å²) in [5.41, 5.74) is 0.850. The standard InChI is InChI=1S/C22H29F3N2O3/c1-3-4-5-6-11-17(27-21(28)22(23,24)25)20(19-13-9-14-30-19)26-15-16-10-7-8-12-18(16)29-2/h7-10,12-14,17,20,26H,3-6,11,15H2,1-2H3,(H,27,28)/t17-,20-/m1/s1. The van der Waals surface area contributed by atoms with Crippen LogP contribution in [0.2, 0.25) is 0 Å². The third-order valence-corrected chi connectivity index (χ3v) is 4.90. The number of halogens is 3. The number of methoxy groups -OCH3 is 1. The number of amides is 1. The van der Waals surface area contributed by atoms with Crippen molar-refractivity contribution in [2.75, 3.05) is 7.11 Å². The molecule has 2 N–H and O–H groups in total. The molecule has 0 spiro atoms. The Morgan fingerprint density at radius 3 is 2.53 bits per heavy atom. The van der Waals surface area contributed by atoms with Gasteiger partial charge in [0.05, 0.1) is 25.5 Å². The zero-order valence-electron chi connectivity index (χ0n) is 17.3. The van der Waals surface area contributed by atoms with E-state index in [0.717, 1.165) is 24.8 Å². The Labute approximate surface area is 175 Å². The molecule has 0 radical (unpaired) electrons. The van der Waals surface area contributed by atoms with E-state index >= 15 is 0 Å². The number of para-hydroxylation sites is 1. The molecule has 1 heterocycles. The van der Waals surface area contributed by atoms with Crippen molar-refractivity contribution in [3.63, 3.8) is 0 Å². The summed E-state index contributed by atoms with van der Waals surface area (Å²) in [6.45, 7) is 2.39. The maximum Gasteiger partial charge on any atom is 0.471 e. The summed E-state index contributed by atoms with van der Waals surface area (Å²) in [5, 5.41) is 5.42. The molecular weight excluding hydrogens is 397 g/mol. The van der Waals surface area contributed by atoms with Crippen molar-refractivity contribution in [2.24, 2.45) is 0 Å². The summed E-state index contributed by atoms with van der Waals surface area (Å²) < 4.78 is 49.6. The summed E-state index contributed by atoms with van der Waals surface area (Å²) in [6.07, 6.45) is 0.487. The van der Waals surface area contributed by atoms with Gasteiger partial charge in [-0.1, -0.05) is 50.8 Å². The predicted molar refractivity (Wildman–Crippen MR) is 108 cm³/mol. The van der Waals surface area contributed by atoms with Gasteiger partial charge in [0, 0.05) is 12.1 Å². The minimum Gasteiger partial charge on any atom is -0.496 e. The molecule has 5 nitrogen and oxygen atoms in total. The van der Waals surface area contributed by atoms with Gasteiger partial charge >= 0.3 is 12.1 Å². The van der Waals surface area contributed by atoms with E-state index < -0.39 is 24.2 Å². The molecule has 0 fully saturated rings. The molecule has 0 unspecified atom stereocenters. The van der Waals surface area contributed by atoms with Crippen molar-refractivity contribution in [1.29, 1.82) is 0 Å². The lowest BCUT2D eigenvalue weighted by molar-refractivity contribution is -0.174. The second kappa shape index (κ2) is 11.6. The van der Waals surface area contributed by atoms with Crippen molar-refractivity contribution in [3.05, 3.63) is 54.0 Å². The van der Waals surface area contributed by atoms with Crippen molar-refractivity contribution in [2.45, 2.75) is 63.8 Å². The molecule has 0 aliphatic carbocycles. The summed E-state index contributed by atoms with van der Waals surface area (Å²) in [6, 6.07) is 9.34. The van der Waals surface area contributed by atoms with Crippen molar-refractivity contribution in [1.82, 2.24) is 10.6 Å². The number of hydrogen-bond donors (Lipinski definition) is 2. The highest BCUT2D eigenvalue weighted by molar-refractivity contribution is 5.82. The van der Waals surface area contributed by atoms with E-state index in [-0.39, 0.29) is 0 Å². The van der Waals surface area contributed by atoms with Crippen LogP contribution in [0.25, 0.3) is 0 Å². The monoisotopic (exact) mass is 426 g/mol. The Kier molecular flexibility index (Phi) is 9.23. The minimum atomic E-state index is -4.95. The smallest absolute Gasteiger partial charge is 0.471 e. The fraction of sp³-hybridized carbons (Fsp3) is 0.500. The molecule has 1 amide bonds. The number of rotatable bonds is 12. The molecule has 166 valence electrons. The lowest BCUT2D eigenvalue weighted by Gasteiger charge is -2.28. The minimum absolute atomic E-state index is 0.336. The van der Waals surface area contributed by atoms with Crippen molar-refractivity contribution in [3.8, 4) is 5.75 Å². The Bertz CT molecular complexity index is 763. The van der Waals surface area contributed by atoms with Crippen molar-refractivity contribution < 1.29 is 27.1 Å². The van der Waals surface area contributed by atoms with Gasteiger partial charge in [-0.05, 0) is 24.6 Å². The zero-order chi connectivity index (χ0) is 22.0. The number of carbonyl (C=O) groups is 1. The SMILES string of the molecule is CCCCCC[C@@H](NC(=O)C(F)(F)F)[C@@H](NCc1ccccc1OC)c1ccco1. The molecule has 0 bridgehead atoms. The lowest BCUT2D eigenvalue weighted by atomic mass is 9.98. The van der Waals surface area contributed by atoms with Crippen LogP contribution in [0.3, 0.4) is 0 Å². The third-order valence-electron chi connectivity index (χ3n) is 4.90. The highest BCUT2D eigenvalue weighted by atomic mass is 19.4. The number of alkyl halides is 3. The molecule has 1 aromatic heterocycles. The Morgan fingerprint density at radius 1 is 1.13 bits per heavy atom. The average Bonchev–Trinajstić information content (AvgIpc) is 3.25. The normalized spacial score (nSPS) is 13.6. The van der Waals surface area contributed by atoms with E-state index in [9.17, 15) is 18.0 Å². The first-order chi connectivity index (χ1) is 14.4. The topological polar surface area (TPSA) is 63.5 Å². The van der Waals surface area contributed by atoms with Crippen LogP contribution < -0.4 is 15.4 Å². The van der Waals surface area contributed by atoms with Gasteiger partial charge in [0.2, 0.25) is 0 Å². The molecule has 2 rings (SSSR count). The van der Waals surface area contributed by atoms with Gasteiger partial charge in [0.15, 0.2) is 0 Å². The van der Waals surface area contributed by atoms with Crippen LogP contribution in [0.15, 0.2) is 47.1 Å². The fourth-order valence-corrected chi connectivity index (χ4v) is 3.34. The first-order valence-corrected chi connectivity index (χ1v) is 10.1. The average molecular weight is 426 g/mol. The summed E-state index contributed by atoms with van der Waals surface area (Å²) in [7, 11) is 1.56. The lowest BCUT2D eigenvalue weighted by Crippen LogP contribution is -2.48. The van der Waals surface area contributed by atoms with E-state index in [4.69, 9.17) is 9.15 Å². The van der Waals surface area contributed by atoms with Crippen LogP contribution in [0, 0.1) is 0 Å². The van der Waals surface area contributed by atoms with E-state index in [0.29, 0.717) is 30.9 Å². The van der Waals surface area contributed by atoms with E-state index in [1.54, 1.807) is 19.2 Å². The highest BCUT2D eigenvalue weighted by Gasteiger charge is 2.41. The first kappa shape index (κ1) is 23.8. The van der Waals surface area contributed by atoms with Crippen molar-refractivity contribution >= 4 is 5.91 Å². The van der Waals surface area contributed by atoms with Gasteiger partial charge in [-0.15, -0.1) is 0 Å². The van der Waals surface area contributed by atoms with Gasteiger partial charge in [-0.3, -0.25) is 4.79 Å². The largest absolute Gasteiger partial charge is 0.496 e. The van der Waals surface area contributed by atoms with Gasteiger partial charge in [0.25, 0.3) is 0 Å². The second-order valence-corrected chi connectivity index (χ2v) is 7.11. The zero-order valence-corrected chi connectivity index (χ0v) is 17.3. The van der Waals surface area contributed by atoms with Crippen LogP contribution >= 0.6 is 0 Å². The Hall–Kier alpha value is -2.48. The molecule has 0 aliphatic heterocycles. The number of nitrogens with one attached hydrogen (secondary N) is 2. The Balaban J connectivity index is 2.22. The van der Waals surface area contributed by atoms with Gasteiger partial charge in [-0.2, -0.15) is 13.2 Å². The molecule has 2 atom stereocenters. The van der Waals surface area contributed by atoms with Crippen LogP contribution in [-0.2, 0) is 11.3 Å². The molecule has 30 heavy (non-hydrogen) atoms. The number of carbonyl (C=O) groups excluding carboxylic acids is 1. The van der Waals surface area contributed by atoms with E-state index in [1.165, 1.54) is 6.26 Å². The van der Waals surface area contributed by atoms with Crippen LogP contribution in [-0.4, -0.2) is 25.2 Å². The molecular formula is C22H29F3N2O3. The molecule has 8 heteroatoms. The quantitative estimate of drug-likeness (QED) is 0.462. The van der Waals surface area contributed by atoms with Crippen LogP contribution in [0.1, 0.15) is 56.4 Å². The number of ether oxygens (including phenoxy) is 1. The highest BCUT2D eigenvalue weighted by Crippen LogP contribution is 2.26. The molecule has 0 aliphatic rings. The van der Waals surface area contributed by atoms with E-state index in [2.05, 4.69) is 17.6 Å². The predicted octanol–water partition coefficient (Wildman–Crippen LogP) is 5.14. The molecule has 0 saturated carbocycles. The Morgan fingerprint density at radius 2 is 1.90 bits per heavy atom. The molecule has 2 aromatic rings. The van der Waals surface area contributed by atoms with Crippen LogP contribution in [0.5, 0.6) is 5.75 Å².